The minimum Gasteiger partial charge on any atom is -0.482 e. The summed E-state index contributed by atoms with van der Waals surface area (Å²) >= 11 is 0. The summed E-state index contributed by atoms with van der Waals surface area (Å²) in [6, 6.07) is 3.70. The van der Waals surface area contributed by atoms with E-state index in [9.17, 15) is 4.79 Å². The van der Waals surface area contributed by atoms with Crippen molar-refractivity contribution in [2.45, 2.75) is 32.9 Å². The molecule has 5 nitrogen and oxygen atoms in total. The third-order valence-corrected chi connectivity index (χ3v) is 2.25. The number of rotatable bonds is 5. The molecule has 0 aliphatic rings. The van der Waals surface area contributed by atoms with Crippen molar-refractivity contribution >= 4 is 5.91 Å². The summed E-state index contributed by atoms with van der Waals surface area (Å²) in [6.07, 6.45) is 1.63. The fourth-order valence-electron chi connectivity index (χ4n) is 1.18. The highest BCUT2D eigenvalue weighted by Gasteiger charge is 2.08. The summed E-state index contributed by atoms with van der Waals surface area (Å²) in [6.45, 7) is 7.03. The summed E-state index contributed by atoms with van der Waals surface area (Å²) in [4.78, 5) is 15.3. The van der Waals surface area contributed by atoms with Crippen LogP contribution in [0.15, 0.2) is 18.3 Å². The van der Waals surface area contributed by atoms with Crippen LogP contribution >= 0.6 is 0 Å². The minimum atomic E-state index is -0.159. The number of nitrogens with one attached hydrogen (secondary N) is 2. The van der Waals surface area contributed by atoms with Crippen LogP contribution < -0.4 is 15.4 Å². The number of carbonyl (C=O) groups is 1. The van der Waals surface area contributed by atoms with Crippen LogP contribution in [-0.4, -0.2) is 30.1 Å². The first-order valence-electron chi connectivity index (χ1n) is 5.94. The van der Waals surface area contributed by atoms with E-state index in [1.807, 2.05) is 12.1 Å². The molecule has 0 radical (unpaired) electrons. The van der Waals surface area contributed by atoms with Gasteiger partial charge in [0, 0.05) is 19.1 Å². The molecule has 1 heterocycles. The van der Waals surface area contributed by atoms with E-state index in [0.29, 0.717) is 12.3 Å². The number of hydrogen-bond acceptors (Lipinski definition) is 4. The van der Waals surface area contributed by atoms with Gasteiger partial charge >= 0.3 is 0 Å². The molecular weight excluding hydrogens is 230 g/mol. The van der Waals surface area contributed by atoms with Crippen molar-refractivity contribution in [1.82, 2.24) is 15.6 Å². The van der Waals surface area contributed by atoms with E-state index in [-0.39, 0.29) is 18.1 Å². The lowest BCUT2D eigenvalue weighted by molar-refractivity contribution is -0.122. The normalized spacial score (nSPS) is 11.1. The molecule has 100 valence electrons. The van der Waals surface area contributed by atoms with E-state index < -0.39 is 0 Å². The third-order valence-electron chi connectivity index (χ3n) is 2.25. The zero-order valence-electron chi connectivity index (χ0n) is 11.4. The van der Waals surface area contributed by atoms with Gasteiger partial charge in [0.2, 0.25) is 0 Å². The second-order valence-corrected chi connectivity index (χ2v) is 5.05. The fraction of sp³-hybridized carbons (Fsp3) is 0.538. The predicted octanol–water partition coefficient (Wildman–Crippen LogP) is 1.09. The van der Waals surface area contributed by atoms with Gasteiger partial charge in [-0.3, -0.25) is 9.78 Å². The van der Waals surface area contributed by atoms with Crippen LogP contribution in [0.25, 0.3) is 0 Å². The quantitative estimate of drug-likeness (QED) is 0.822. The Morgan fingerprint density at radius 1 is 1.39 bits per heavy atom. The maximum absolute atomic E-state index is 11.0. The lowest BCUT2D eigenvalue weighted by Crippen LogP contribution is -2.35. The van der Waals surface area contributed by atoms with E-state index in [0.717, 1.165) is 5.69 Å². The van der Waals surface area contributed by atoms with Crippen LogP contribution in [0.1, 0.15) is 26.5 Å². The van der Waals surface area contributed by atoms with Crippen molar-refractivity contribution in [3.8, 4) is 5.75 Å². The first-order valence-corrected chi connectivity index (χ1v) is 5.94. The number of pyridine rings is 1. The average molecular weight is 251 g/mol. The largest absolute Gasteiger partial charge is 0.482 e. The second kappa shape index (κ2) is 6.35. The van der Waals surface area contributed by atoms with E-state index in [4.69, 9.17) is 4.74 Å². The molecule has 18 heavy (non-hydrogen) atoms. The molecule has 0 aliphatic carbocycles. The molecule has 0 spiro atoms. The molecule has 1 aromatic heterocycles. The van der Waals surface area contributed by atoms with Crippen LogP contribution in [0, 0.1) is 0 Å². The monoisotopic (exact) mass is 251 g/mol. The van der Waals surface area contributed by atoms with E-state index >= 15 is 0 Å². The van der Waals surface area contributed by atoms with Crippen molar-refractivity contribution < 1.29 is 9.53 Å². The van der Waals surface area contributed by atoms with Crippen molar-refractivity contribution in [3.05, 3.63) is 24.0 Å². The third kappa shape index (κ3) is 5.63. The molecule has 2 N–H and O–H groups in total. The lowest BCUT2D eigenvalue weighted by Gasteiger charge is -2.20. The van der Waals surface area contributed by atoms with Crippen molar-refractivity contribution in [2.24, 2.45) is 0 Å². The first kappa shape index (κ1) is 14.4. The highest BCUT2D eigenvalue weighted by Crippen LogP contribution is 2.09. The molecule has 0 unspecified atom stereocenters. The molecule has 1 aromatic rings. The topological polar surface area (TPSA) is 63.2 Å². The summed E-state index contributed by atoms with van der Waals surface area (Å²) in [5.74, 6) is 0.437. The van der Waals surface area contributed by atoms with Crippen LogP contribution in [0.4, 0.5) is 0 Å². The Kier molecular flexibility index (Phi) is 5.09. The van der Waals surface area contributed by atoms with Gasteiger partial charge < -0.3 is 15.4 Å². The molecule has 0 fully saturated rings. The maximum Gasteiger partial charge on any atom is 0.257 e. The van der Waals surface area contributed by atoms with Gasteiger partial charge in [0.05, 0.1) is 11.9 Å². The molecule has 5 heteroatoms. The Hall–Kier alpha value is -1.62. The Labute approximate surface area is 108 Å². The van der Waals surface area contributed by atoms with E-state index in [1.165, 1.54) is 0 Å². The van der Waals surface area contributed by atoms with Crippen LogP contribution in [0.5, 0.6) is 5.75 Å². The average Bonchev–Trinajstić information content (AvgIpc) is 2.33. The molecule has 0 bridgehead atoms. The Morgan fingerprint density at radius 3 is 2.61 bits per heavy atom. The van der Waals surface area contributed by atoms with Gasteiger partial charge in [-0.25, -0.2) is 0 Å². The van der Waals surface area contributed by atoms with Gasteiger partial charge in [0.25, 0.3) is 5.91 Å². The van der Waals surface area contributed by atoms with Gasteiger partial charge in [-0.05, 0) is 32.9 Å². The molecule has 1 amide bonds. The summed E-state index contributed by atoms with van der Waals surface area (Å²) in [5.41, 5.74) is 1.01. The van der Waals surface area contributed by atoms with Gasteiger partial charge in [-0.2, -0.15) is 0 Å². The Bertz CT molecular complexity index is 382. The molecule has 0 aliphatic heterocycles. The number of amides is 1. The molecule has 0 saturated heterocycles. The summed E-state index contributed by atoms with van der Waals surface area (Å²) < 4.78 is 5.26. The molecule has 0 atom stereocenters. The van der Waals surface area contributed by atoms with Crippen molar-refractivity contribution in [2.75, 3.05) is 13.7 Å². The lowest BCUT2D eigenvalue weighted by atomic mass is 10.1. The summed E-state index contributed by atoms with van der Waals surface area (Å²) in [5, 5.41) is 5.84. The summed E-state index contributed by atoms with van der Waals surface area (Å²) in [7, 11) is 1.57. The Morgan fingerprint density at radius 2 is 2.11 bits per heavy atom. The van der Waals surface area contributed by atoms with Crippen molar-refractivity contribution in [3.63, 3.8) is 0 Å². The maximum atomic E-state index is 11.0. The minimum absolute atomic E-state index is 0.0117. The van der Waals surface area contributed by atoms with Crippen LogP contribution in [0.3, 0.4) is 0 Å². The number of nitrogens with zero attached hydrogens (tertiary/aromatic N) is 1. The van der Waals surface area contributed by atoms with Gasteiger partial charge in [0.1, 0.15) is 5.75 Å². The van der Waals surface area contributed by atoms with Crippen LogP contribution in [-0.2, 0) is 11.3 Å². The van der Waals surface area contributed by atoms with E-state index in [2.05, 4.69) is 36.4 Å². The molecule has 1 rings (SSSR count). The SMILES string of the molecule is CNC(=O)COc1ccc(CNC(C)(C)C)nc1. The molecule has 0 aromatic carbocycles. The smallest absolute Gasteiger partial charge is 0.257 e. The number of likely N-dealkylation sites (N-methyl/N-ethyl adjacent to an activating group) is 1. The first-order chi connectivity index (χ1) is 8.40. The Balaban J connectivity index is 2.45. The molecular formula is C13H21N3O2. The zero-order chi connectivity index (χ0) is 13.6. The highest BCUT2D eigenvalue weighted by molar-refractivity contribution is 5.77. The number of ether oxygens (including phenoxy) is 1. The second-order valence-electron chi connectivity index (χ2n) is 5.05. The van der Waals surface area contributed by atoms with Gasteiger partial charge in [-0.1, -0.05) is 0 Å². The fourth-order valence-corrected chi connectivity index (χ4v) is 1.18. The number of hydrogen-bond donors (Lipinski definition) is 2. The predicted molar refractivity (Wildman–Crippen MR) is 70.4 cm³/mol. The van der Waals surface area contributed by atoms with Gasteiger partial charge in [0.15, 0.2) is 6.61 Å². The molecule has 0 saturated carbocycles. The van der Waals surface area contributed by atoms with E-state index in [1.54, 1.807) is 13.2 Å². The highest BCUT2D eigenvalue weighted by atomic mass is 16.5. The van der Waals surface area contributed by atoms with Gasteiger partial charge in [-0.15, -0.1) is 0 Å². The standard InChI is InChI=1S/C13H21N3O2/c1-13(2,3)16-7-10-5-6-11(8-15-10)18-9-12(17)14-4/h5-6,8,16H,7,9H2,1-4H3,(H,14,17). The number of aromatic nitrogens is 1. The van der Waals surface area contributed by atoms with Crippen LogP contribution in [0.2, 0.25) is 0 Å². The zero-order valence-corrected chi connectivity index (χ0v) is 11.4. The number of carbonyl (C=O) groups excluding carboxylic acids is 1. The van der Waals surface area contributed by atoms with Crippen molar-refractivity contribution in [1.29, 1.82) is 0 Å².